The summed E-state index contributed by atoms with van der Waals surface area (Å²) in [5.74, 6) is 0.365. The summed E-state index contributed by atoms with van der Waals surface area (Å²) in [5.41, 5.74) is 3.95. The second kappa shape index (κ2) is 11.8. The number of aliphatic hydroxyl groups excluding tert-OH is 1. The Morgan fingerprint density at radius 1 is 0.804 bits per heavy atom. The van der Waals surface area contributed by atoms with Gasteiger partial charge < -0.3 is 15.2 Å². The molecule has 0 aliphatic heterocycles. The summed E-state index contributed by atoms with van der Waals surface area (Å²) in [4.78, 5) is 40.8. The zero-order valence-electron chi connectivity index (χ0n) is 28.6. The Balaban J connectivity index is 1.25. The Labute approximate surface area is 274 Å². The van der Waals surface area contributed by atoms with Gasteiger partial charge in [-0.1, -0.05) is 52.7 Å². The number of carbonyl (C=O) groups excluding carboxylic acids is 3. The lowest BCUT2D eigenvalue weighted by molar-refractivity contribution is -0.150. The SMILES string of the molecule is CC(C)Oc1ccc2c(c1)[C@@]1(C)CCC[C@](C)(C(=O)NC(=O)[C@@]3(C)CCC[C@]4(C)c5cc(NC(=O)CO)ccc5CC[C@@H]34)[C@@H]1CC2. The van der Waals surface area contributed by atoms with Crippen molar-refractivity contribution in [1.29, 1.82) is 0 Å². The molecule has 4 aliphatic rings. The molecule has 7 nitrogen and oxygen atoms in total. The molecule has 4 aliphatic carbocycles. The van der Waals surface area contributed by atoms with E-state index in [2.05, 4.69) is 62.6 Å². The predicted octanol–water partition coefficient (Wildman–Crippen LogP) is 6.77. The number of aliphatic hydroxyl groups is 1. The largest absolute Gasteiger partial charge is 0.491 e. The minimum absolute atomic E-state index is 0.0585. The van der Waals surface area contributed by atoms with E-state index in [1.807, 2.05) is 26.0 Å². The molecule has 6 atom stereocenters. The van der Waals surface area contributed by atoms with Gasteiger partial charge in [-0.25, -0.2) is 0 Å². The molecule has 6 rings (SSSR count). The highest BCUT2D eigenvalue weighted by atomic mass is 16.5. The van der Waals surface area contributed by atoms with Gasteiger partial charge in [0.1, 0.15) is 12.4 Å². The molecule has 3 N–H and O–H groups in total. The smallest absolute Gasteiger partial charge is 0.250 e. The summed E-state index contributed by atoms with van der Waals surface area (Å²) in [5, 5.41) is 15.1. The molecule has 0 saturated heterocycles. The van der Waals surface area contributed by atoms with Crippen molar-refractivity contribution >= 4 is 23.4 Å². The lowest BCUT2D eigenvalue weighted by atomic mass is 9.49. The van der Waals surface area contributed by atoms with Crippen LogP contribution in [0.4, 0.5) is 5.69 Å². The van der Waals surface area contributed by atoms with E-state index in [9.17, 15) is 19.5 Å². The molecule has 3 amide bonds. The highest BCUT2D eigenvalue weighted by Crippen LogP contribution is 2.59. The third-order valence-corrected chi connectivity index (χ3v) is 12.8. The summed E-state index contributed by atoms with van der Waals surface area (Å²) in [6.45, 7) is 12.3. The van der Waals surface area contributed by atoms with Gasteiger partial charge >= 0.3 is 0 Å². The van der Waals surface area contributed by atoms with Crippen molar-refractivity contribution in [1.82, 2.24) is 5.32 Å². The summed E-state index contributed by atoms with van der Waals surface area (Å²) < 4.78 is 6.08. The van der Waals surface area contributed by atoms with Gasteiger partial charge in [0.05, 0.1) is 16.9 Å². The maximum Gasteiger partial charge on any atom is 0.250 e. The van der Waals surface area contributed by atoms with Crippen molar-refractivity contribution in [2.45, 2.75) is 123 Å². The third kappa shape index (κ3) is 5.27. The first-order chi connectivity index (χ1) is 21.7. The number of imide groups is 1. The molecule has 248 valence electrons. The lowest BCUT2D eigenvalue weighted by Crippen LogP contribution is -2.60. The first-order valence-electron chi connectivity index (χ1n) is 17.4. The number of hydrogen-bond acceptors (Lipinski definition) is 5. The van der Waals surface area contributed by atoms with E-state index in [0.717, 1.165) is 70.0 Å². The van der Waals surface area contributed by atoms with Crippen LogP contribution in [0.5, 0.6) is 5.75 Å². The van der Waals surface area contributed by atoms with Crippen LogP contribution in [0.2, 0.25) is 0 Å². The molecule has 0 unspecified atom stereocenters. The van der Waals surface area contributed by atoms with Gasteiger partial charge in [-0.05, 0) is 134 Å². The molecule has 0 spiro atoms. The normalized spacial score (nSPS) is 33.1. The van der Waals surface area contributed by atoms with Crippen molar-refractivity contribution < 1.29 is 24.2 Å². The number of amides is 3. The van der Waals surface area contributed by atoms with E-state index in [1.165, 1.54) is 22.3 Å². The summed E-state index contributed by atoms with van der Waals surface area (Å²) in [6.07, 6.45) is 8.96. The molecule has 2 saturated carbocycles. The fourth-order valence-electron chi connectivity index (χ4n) is 10.5. The Hall–Kier alpha value is -3.19. The highest BCUT2D eigenvalue weighted by Gasteiger charge is 2.58. The Morgan fingerprint density at radius 3 is 1.85 bits per heavy atom. The van der Waals surface area contributed by atoms with Crippen molar-refractivity contribution in [2.75, 3.05) is 11.9 Å². The Morgan fingerprint density at radius 2 is 1.33 bits per heavy atom. The van der Waals surface area contributed by atoms with Crippen LogP contribution < -0.4 is 15.4 Å². The number of benzene rings is 2. The second-order valence-corrected chi connectivity index (χ2v) is 15.9. The number of anilines is 1. The van der Waals surface area contributed by atoms with Crippen molar-refractivity contribution in [2.24, 2.45) is 22.7 Å². The number of aryl methyl sites for hydroxylation is 2. The van der Waals surface area contributed by atoms with Gasteiger partial charge in [0, 0.05) is 5.69 Å². The van der Waals surface area contributed by atoms with Crippen molar-refractivity contribution in [3.8, 4) is 5.75 Å². The summed E-state index contributed by atoms with van der Waals surface area (Å²) >= 11 is 0. The molecule has 2 aromatic rings. The highest BCUT2D eigenvalue weighted by molar-refractivity contribution is 6.01. The lowest BCUT2D eigenvalue weighted by Gasteiger charge is -2.56. The van der Waals surface area contributed by atoms with Crippen LogP contribution in [0, 0.1) is 22.7 Å². The molecule has 46 heavy (non-hydrogen) atoms. The van der Waals surface area contributed by atoms with Gasteiger partial charge in [-0.3, -0.25) is 19.7 Å². The average Bonchev–Trinajstić information content (AvgIpc) is 3.01. The van der Waals surface area contributed by atoms with E-state index < -0.39 is 23.3 Å². The fraction of sp³-hybridized carbons (Fsp3) is 0.615. The summed E-state index contributed by atoms with van der Waals surface area (Å²) in [6, 6.07) is 12.5. The van der Waals surface area contributed by atoms with E-state index in [0.29, 0.717) is 5.69 Å². The molecule has 2 aromatic carbocycles. The van der Waals surface area contributed by atoms with Gasteiger partial charge in [0.2, 0.25) is 17.7 Å². The van der Waals surface area contributed by atoms with Crippen LogP contribution in [0.3, 0.4) is 0 Å². The molecular formula is C39H52N2O5. The first-order valence-corrected chi connectivity index (χ1v) is 17.4. The maximum atomic E-state index is 14.4. The monoisotopic (exact) mass is 628 g/mol. The second-order valence-electron chi connectivity index (χ2n) is 15.9. The topological polar surface area (TPSA) is 105 Å². The third-order valence-electron chi connectivity index (χ3n) is 12.8. The van der Waals surface area contributed by atoms with Gasteiger partial charge in [0.25, 0.3) is 0 Å². The molecular weight excluding hydrogens is 576 g/mol. The number of carbonyl (C=O) groups is 3. The van der Waals surface area contributed by atoms with Crippen LogP contribution in [0.1, 0.15) is 115 Å². The minimum atomic E-state index is -0.693. The van der Waals surface area contributed by atoms with E-state index in [1.54, 1.807) is 0 Å². The maximum absolute atomic E-state index is 14.4. The molecule has 2 fully saturated rings. The number of fused-ring (bicyclic) bond motifs is 6. The number of nitrogens with one attached hydrogen (secondary N) is 2. The quantitative estimate of drug-likeness (QED) is 0.307. The molecule has 7 heteroatoms. The van der Waals surface area contributed by atoms with E-state index in [-0.39, 0.29) is 40.6 Å². The van der Waals surface area contributed by atoms with Crippen LogP contribution >= 0.6 is 0 Å². The molecule has 0 heterocycles. The van der Waals surface area contributed by atoms with Gasteiger partial charge in [-0.2, -0.15) is 0 Å². The Kier molecular flexibility index (Phi) is 8.40. The molecule has 0 aromatic heterocycles. The predicted molar refractivity (Wildman–Crippen MR) is 180 cm³/mol. The first kappa shape index (κ1) is 32.7. The van der Waals surface area contributed by atoms with Gasteiger partial charge in [-0.15, -0.1) is 0 Å². The van der Waals surface area contributed by atoms with Crippen LogP contribution in [0.25, 0.3) is 0 Å². The van der Waals surface area contributed by atoms with Crippen LogP contribution in [-0.4, -0.2) is 35.5 Å². The van der Waals surface area contributed by atoms with Crippen LogP contribution in [0.15, 0.2) is 36.4 Å². The zero-order chi connectivity index (χ0) is 33.1. The minimum Gasteiger partial charge on any atom is -0.491 e. The Bertz CT molecular complexity index is 1550. The number of hydrogen-bond donors (Lipinski definition) is 3. The van der Waals surface area contributed by atoms with Gasteiger partial charge in [0.15, 0.2) is 0 Å². The zero-order valence-corrected chi connectivity index (χ0v) is 28.6. The van der Waals surface area contributed by atoms with E-state index in [4.69, 9.17) is 4.74 Å². The van der Waals surface area contributed by atoms with Crippen molar-refractivity contribution in [3.05, 3.63) is 58.7 Å². The van der Waals surface area contributed by atoms with E-state index >= 15 is 0 Å². The summed E-state index contributed by atoms with van der Waals surface area (Å²) in [7, 11) is 0. The molecule has 0 bridgehead atoms. The van der Waals surface area contributed by atoms with Crippen molar-refractivity contribution in [3.63, 3.8) is 0 Å². The van der Waals surface area contributed by atoms with Crippen LogP contribution in [-0.2, 0) is 38.1 Å². The number of rotatable bonds is 6. The number of ether oxygens (including phenoxy) is 1. The molecule has 0 radical (unpaired) electrons. The average molecular weight is 629 g/mol. The fourth-order valence-corrected chi connectivity index (χ4v) is 10.5. The standard InChI is InChI=1S/C39H52N2O5/c1-24(2)46-28-14-10-26-12-16-32-37(4,30(26)22-28)18-8-20-39(32,6)35(45)41-34(44)38(5)19-7-17-36(3)29-21-27(40-33(43)23-42)13-9-25(29)11-15-31(36)38/h9-10,13-14,21-22,24,31-32,42H,7-8,11-12,15-20,23H2,1-6H3,(H,40,43)(H,41,44,45)/t31-,32-,36-,37-,38+,39+/m1/s1.